The Morgan fingerprint density at radius 2 is 0.680 bits per heavy atom. The van der Waals surface area contributed by atoms with Gasteiger partial charge in [0.1, 0.15) is 30.1 Å². The number of carboxylic acids is 4. The quantitative estimate of drug-likeness (QED) is 0.0196. The number of fused-ring (bicyclic) bond motifs is 1. The number of ether oxygens (including phenoxy) is 2. The number of nitrogens with zero attached hydrogens (tertiary/aromatic N) is 4. The number of imide groups is 4. The number of benzene rings is 6. The molecule has 34 heteroatoms. The lowest BCUT2D eigenvalue weighted by Gasteiger charge is -2.32. The highest BCUT2D eigenvalue weighted by molar-refractivity contribution is 6.35. The maximum Gasteiger partial charge on any atom is 0.322 e. The van der Waals surface area contributed by atoms with Gasteiger partial charge >= 0.3 is 23.9 Å². The minimum Gasteiger partial charge on any atom is -0.493 e. The summed E-state index contributed by atoms with van der Waals surface area (Å²) in [4.78, 5) is 235. The number of carboxylic acid groups (broad SMARTS) is 4. The molecule has 4 heterocycles. The molecule has 0 spiro atoms. The predicted octanol–water partition coefficient (Wildman–Crippen LogP) is 0.972. The maximum atomic E-state index is 13.9. The number of rotatable bonds is 35. The van der Waals surface area contributed by atoms with E-state index in [0.717, 1.165) is 19.6 Å². The molecule has 6 aromatic rings. The fourth-order valence-electron chi connectivity index (χ4n) is 12.3. The number of amides is 14. The average Bonchev–Trinajstić information content (AvgIpc) is 0.720. The van der Waals surface area contributed by atoms with E-state index in [1.54, 1.807) is 36.4 Å². The lowest BCUT2D eigenvalue weighted by Crippen LogP contribution is -2.50. The fraction of sp³-hybridized carbons (Fsp3) is 0.304. The molecule has 534 valence electrons. The molecule has 0 bridgehead atoms. The van der Waals surface area contributed by atoms with Crippen LogP contribution >= 0.6 is 0 Å². The van der Waals surface area contributed by atoms with Gasteiger partial charge in [-0.25, -0.2) is 0 Å². The van der Waals surface area contributed by atoms with Crippen LogP contribution in [0.4, 0.5) is 0 Å². The third-order valence-electron chi connectivity index (χ3n) is 17.1. The van der Waals surface area contributed by atoms with Gasteiger partial charge in [0.25, 0.3) is 47.3 Å². The second kappa shape index (κ2) is 31.4. The molecule has 4 aliphatic rings. The maximum absolute atomic E-state index is 13.9. The van der Waals surface area contributed by atoms with Gasteiger partial charge in [-0.2, -0.15) is 0 Å². The van der Waals surface area contributed by atoms with Crippen molar-refractivity contribution in [3.63, 3.8) is 0 Å². The van der Waals surface area contributed by atoms with E-state index < -0.39 is 170 Å². The molecule has 2 atom stereocenters. The van der Waals surface area contributed by atoms with Crippen LogP contribution < -0.4 is 41.4 Å². The summed E-state index contributed by atoms with van der Waals surface area (Å²) in [7, 11) is 0. The van der Waals surface area contributed by atoms with Gasteiger partial charge in [-0.1, -0.05) is 24.3 Å². The molecule has 14 amide bonds. The minimum absolute atomic E-state index is 0.000226. The molecule has 103 heavy (non-hydrogen) atoms. The Kier molecular flexibility index (Phi) is 22.2. The summed E-state index contributed by atoms with van der Waals surface area (Å²) in [6.45, 7) is -2.67. The SMILES string of the molecule is O=C(O)CCC(=O)N[C@@H](CC(=O)O)C(=O)NCCN1C(=O)c2ccc3c4c(ccc(c24)C1=O)C(=O)N(CCC(=O)NCCCOc1cccc2c(OCCCC(=O)N[C@@H](CC(=O)O)C(=O)NCCN4C(=O)c5ccc6c7c(ccc(c57)C4=O)C(=O)N(CCC(=O)NCC(=O)O)C6=O)cccc12)C3=O. The Labute approximate surface area is 580 Å². The Morgan fingerprint density at radius 1 is 0.340 bits per heavy atom. The zero-order valence-corrected chi connectivity index (χ0v) is 54.4. The summed E-state index contributed by atoms with van der Waals surface area (Å²) in [5.41, 5.74) is -0.165. The van der Waals surface area contributed by atoms with Crippen LogP contribution in [0, 0.1) is 0 Å². The van der Waals surface area contributed by atoms with Crippen LogP contribution in [0.5, 0.6) is 11.5 Å². The number of aliphatic carboxylic acids is 4. The highest BCUT2D eigenvalue weighted by atomic mass is 16.5. The molecule has 6 aromatic carbocycles. The van der Waals surface area contributed by atoms with Crippen LogP contribution in [-0.2, 0) is 47.9 Å². The van der Waals surface area contributed by atoms with Gasteiger partial charge in [0, 0.05) is 148 Å². The number of carbonyl (C=O) groups excluding carboxylic acids is 14. The third-order valence-corrected chi connectivity index (χ3v) is 17.1. The Morgan fingerprint density at radius 3 is 1.03 bits per heavy atom. The zero-order chi connectivity index (χ0) is 74.1. The molecule has 10 N–H and O–H groups in total. The number of nitrogens with one attached hydrogen (secondary N) is 6. The lowest BCUT2D eigenvalue weighted by atomic mass is 9.86. The van der Waals surface area contributed by atoms with Crippen molar-refractivity contribution in [2.45, 2.75) is 69.9 Å². The first kappa shape index (κ1) is 72.7. The summed E-state index contributed by atoms with van der Waals surface area (Å²) in [6, 6.07) is 17.8. The second-order valence-corrected chi connectivity index (χ2v) is 23.9. The Hall–Kier alpha value is -13.0. The van der Waals surface area contributed by atoms with Gasteiger partial charge < -0.3 is 61.8 Å². The fourth-order valence-corrected chi connectivity index (χ4v) is 12.3. The third kappa shape index (κ3) is 15.9. The smallest absolute Gasteiger partial charge is 0.322 e. The highest BCUT2D eigenvalue weighted by Crippen LogP contribution is 2.40. The Bertz CT molecular complexity index is 4540. The summed E-state index contributed by atoms with van der Waals surface area (Å²) < 4.78 is 12.1. The normalized spacial score (nSPS) is 14.1. The molecule has 0 saturated carbocycles. The van der Waals surface area contributed by atoms with Crippen molar-refractivity contribution < 1.29 is 116 Å². The van der Waals surface area contributed by atoms with E-state index in [9.17, 15) is 96.5 Å². The van der Waals surface area contributed by atoms with Gasteiger partial charge in [-0.3, -0.25) is 106 Å². The molecule has 0 unspecified atom stereocenters. The molecule has 0 aromatic heterocycles. The number of hydrogen-bond donors (Lipinski definition) is 10. The predicted molar refractivity (Wildman–Crippen MR) is 352 cm³/mol. The van der Waals surface area contributed by atoms with Crippen LogP contribution in [0.2, 0.25) is 0 Å². The van der Waals surface area contributed by atoms with E-state index >= 15 is 0 Å². The minimum atomic E-state index is -1.60. The first-order valence-electron chi connectivity index (χ1n) is 32.2. The van der Waals surface area contributed by atoms with E-state index in [-0.39, 0.29) is 131 Å². The van der Waals surface area contributed by atoms with E-state index in [0.29, 0.717) is 28.7 Å². The average molecular weight is 1420 g/mol. The molecule has 0 fully saturated rings. The monoisotopic (exact) mass is 1420 g/mol. The number of carbonyl (C=O) groups is 18. The number of hydrogen-bond acceptors (Lipinski definition) is 20. The molecular formula is C69H64N10O24. The molecule has 0 radical (unpaired) electrons. The van der Waals surface area contributed by atoms with Gasteiger partial charge in [-0.15, -0.1) is 0 Å². The van der Waals surface area contributed by atoms with Crippen molar-refractivity contribution in [2.75, 3.05) is 65.6 Å². The summed E-state index contributed by atoms with van der Waals surface area (Å²) in [5, 5.41) is 52.4. The molecule has 0 aliphatic carbocycles. The van der Waals surface area contributed by atoms with E-state index in [2.05, 4.69) is 31.9 Å². The van der Waals surface area contributed by atoms with E-state index in [4.69, 9.17) is 19.7 Å². The van der Waals surface area contributed by atoms with Crippen molar-refractivity contribution in [2.24, 2.45) is 0 Å². The molecule has 10 rings (SSSR count). The summed E-state index contributed by atoms with van der Waals surface area (Å²) >= 11 is 0. The van der Waals surface area contributed by atoms with E-state index in [1.165, 1.54) is 48.5 Å². The largest absolute Gasteiger partial charge is 0.493 e. The van der Waals surface area contributed by atoms with Crippen molar-refractivity contribution in [1.82, 2.24) is 51.5 Å². The van der Waals surface area contributed by atoms with Crippen LogP contribution in [0.1, 0.15) is 141 Å². The molecule has 34 nitrogen and oxygen atoms in total. The molecule has 4 aliphatic heterocycles. The van der Waals surface area contributed by atoms with Gasteiger partial charge in [0.2, 0.25) is 35.4 Å². The van der Waals surface area contributed by atoms with Gasteiger partial charge in [0.05, 0.1) is 32.5 Å². The van der Waals surface area contributed by atoms with Gasteiger partial charge in [-0.05, 0) is 73.5 Å². The van der Waals surface area contributed by atoms with Gasteiger partial charge in [0.15, 0.2) is 0 Å². The zero-order valence-electron chi connectivity index (χ0n) is 54.4. The Balaban J connectivity index is 0.646. The molecular weight excluding hydrogens is 1350 g/mol. The first-order valence-corrected chi connectivity index (χ1v) is 32.2. The van der Waals surface area contributed by atoms with Crippen LogP contribution in [0.15, 0.2) is 84.9 Å². The van der Waals surface area contributed by atoms with Crippen molar-refractivity contribution in [3.8, 4) is 11.5 Å². The van der Waals surface area contributed by atoms with Crippen molar-refractivity contribution >= 4 is 139 Å². The standard InChI is InChI=1S/C69H64N10O24/c80-48(20-25-76-62(94)36-10-14-40-58-41(15-11-37(56(36)58)63(76)95)69(101)79(68(40)100)28-24-72-61(93)45(32-54(88)89)75-51(83)18-19-52(84)85)70-22-4-30-103-47-8-2-5-34-35(47)6-1-7-46(34)102-29-3-9-50(82)74-44(31-53(86)87)60(92)71-23-27-78-66(98)42-16-12-38-57-39(13-17-43(59(42)57)67(78)99)65(97)77(64(38)96)26-21-49(81)73-33-55(90)91/h1-2,5-8,10-17,44-45H,3-4,9,18-33H2,(H,70,80)(H,71,92)(H,72,93)(H,73,81)(H,74,82)(H,75,83)(H,84,85)(H,86,87)(H,88,89)(H,90,91)/t44-,45-/m0/s1. The molecule has 0 saturated heterocycles. The first-order chi connectivity index (χ1) is 49.2. The summed E-state index contributed by atoms with van der Waals surface area (Å²) in [5.74, 6) is -15.7. The van der Waals surface area contributed by atoms with E-state index in [1.807, 2.05) is 0 Å². The van der Waals surface area contributed by atoms with Crippen LogP contribution in [0.3, 0.4) is 0 Å². The lowest BCUT2D eigenvalue weighted by molar-refractivity contribution is -0.141. The van der Waals surface area contributed by atoms with Crippen molar-refractivity contribution in [3.05, 3.63) is 129 Å². The second-order valence-electron chi connectivity index (χ2n) is 23.9. The van der Waals surface area contributed by atoms with Crippen molar-refractivity contribution in [1.29, 1.82) is 0 Å². The van der Waals surface area contributed by atoms with Crippen LogP contribution in [-0.4, -0.2) is 224 Å². The van der Waals surface area contributed by atoms with Crippen LogP contribution in [0.25, 0.3) is 32.3 Å². The summed E-state index contributed by atoms with van der Waals surface area (Å²) in [6.07, 6.45) is -3.20. The topological polar surface area (TPSA) is 492 Å². The highest BCUT2D eigenvalue weighted by Gasteiger charge is 2.42.